The Bertz CT molecular complexity index is 1100. The van der Waals surface area contributed by atoms with E-state index in [1.54, 1.807) is 43.7 Å². The molecule has 0 aromatic carbocycles. The van der Waals surface area contributed by atoms with Gasteiger partial charge in [-0.2, -0.15) is 10.2 Å². The van der Waals surface area contributed by atoms with Gasteiger partial charge in [-0.3, -0.25) is 29.1 Å². The number of nitrogens with one attached hydrogen (secondary N) is 1. The lowest BCUT2D eigenvalue weighted by Gasteiger charge is -2.35. The molecular formula is C21H30N8O6. The summed E-state index contributed by atoms with van der Waals surface area (Å²) in [5.41, 5.74) is 1.31. The molecule has 3 heterocycles. The fourth-order valence-electron chi connectivity index (χ4n) is 3.77. The second-order valence-corrected chi connectivity index (χ2v) is 8.19. The van der Waals surface area contributed by atoms with Crippen molar-refractivity contribution in [1.29, 1.82) is 0 Å². The van der Waals surface area contributed by atoms with Crippen molar-refractivity contribution in [1.82, 2.24) is 29.4 Å². The lowest BCUT2D eigenvalue weighted by Crippen LogP contribution is -2.52. The maximum Gasteiger partial charge on any atom is 0.409 e. The number of anilines is 1. The topological polar surface area (TPSA) is 158 Å². The van der Waals surface area contributed by atoms with Gasteiger partial charge in [0.1, 0.15) is 17.9 Å². The SMILES string of the molecule is CCOC(=O)N1CCN(C(=O)C(C)n2cc(NC(=O)CCn3ncc([N+](=O)[O-])c3C)c(C)n2)CC1. The van der Waals surface area contributed by atoms with E-state index in [-0.39, 0.29) is 36.6 Å². The number of piperazine rings is 1. The first-order chi connectivity index (χ1) is 16.6. The lowest BCUT2D eigenvalue weighted by atomic mass is 10.2. The molecule has 0 radical (unpaired) electrons. The Morgan fingerprint density at radius 1 is 1.20 bits per heavy atom. The minimum absolute atomic E-state index is 0.0590. The van der Waals surface area contributed by atoms with Crippen LogP contribution in [0.15, 0.2) is 12.4 Å². The standard InChI is InChI=1S/C21H30N8O6/c1-5-35-21(32)26-10-8-25(9-11-26)20(31)16(4)28-13-17(14(2)24-28)23-19(30)6-7-27-15(3)18(12-22-27)29(33)34/h12-13,16H,5-11H2,1-4H3,(H,23,30). The summed E-state index contributed by atoms with van der Waals surface area (Å²) in [5, 5.41) is 22.0. The highest BCUT2D eigenvalue weighted by atomic mass is 16.6. The van der Waals surface area contributed by atoms with Crippen LogP contribution in [0, 0.1) is 24.0 Å². The third-order valence-corrected chi connectivity index (χ3v) is 5.89. The second-order valence-electron chi connectivity index (χ2n) is 8.19. The van der Waals surface area contributed by atoms with Gasteiger partial charge in [-0.15, -0.1) is 0 Å². The van der Waals surface area contributed by atoms with Gasteiger partial charge in [0.25, 0.3) is 0 Å². The van der Waals surface area contributed by atoms with Crippen LogP contribution in [0.4, 0.5) is 16.2 Å². The monoisotopic (exact) mass is 490 g/mol. The number of carbonyl (C=O) groups is 3. The normalized spacial score (nSPS) is 14.5. The summed E-state index contributed by atoms with van der Waals surface area (Å²) in [6.07, 6.45) is 2.45. The van der Waals surface area contributed by atoms with E-state index in [0.717, 1.165) is 6.20 Å². The van der Waals surface area contributed by atoms with Crippen molar-refractivity contribution < 1.29 is 24.0 Å². The summed E-state index contributed by atoms with van der Waals surface area (Å²) >= 11 is 0. The summed E-state index contributed by atoms with van der Waals surface area (Å²) in [6, 6.07) is -0.597. The zero-order chi connectivity index (χ0) is 25.7. The van der Waals surface area contributed by atoms with E-state index in [1.807, 2.05) is 0 Å². The molecule has 1 saturated heterocycles. The van der Waals surface area contributed by atoms with Gasteiger partial charge in [-0.1, -0.05) is 0 Å². The van der Waals surface area contributed by atoms with Crippen LogP contribution in [0.5, 0.6) is 0 Å². The number of amides is 3. The molecule has 2 aromatic heterocycles. The molecule has 1 atom stereocenters. The van der Waals surface area contributed by atoms with Crippen LogP contribution in [0.25, 0.3) is 0 Å². The third-order valence-electron chi connectivity index (χ3n) is 5.89. The first-order valence-electron chi connectivity index (χ1n) is 11.3. The molecule has 1 aliphatic heterocycles. The second kappa shape index (κ2) is 11.0. The molecule has 0 saturated carbocycles. The fraction of sp³-hybridized carbons (Fsp3) is 0.571. The average Bonchev–Trinajstić information content (AvgIpc) is 3.39. The summed E-state index contributed by atoms with van der Waals surface area (Å²) in [4.78, 5) is 50.9. The Balaban J connectivity index is 1.54. The van der Waals surface area contributed by atoms with Gasteiger partial charge in [0.05, 0.1) is 29.5 Å². The summed E-state index contributed by atoms with van der Waals surface area (Å²) < 4.78 is 7.92. The number of nitrogens with zero attached hydrogens (tertiary/aromatic N) is 7. The summed E-state index contributed by atoms with van der Waals surface area (Å²) in [7, 11) is 0. The molecule has 190 valence electrons. The number of carbonyl (C=O) groups excluding carboxylic acids is 3. The van der Waals surface area contributed by atoms with Gasteiger partial charge in [0.2, 0.25) is 11.8 Å². The highest BCUT2D eigenvalue weighted by Crippen LogP contribution is 2.20. The fourth-order valence-corrected chi connectivity index (χ4v) is 3.77. The minimum atomic E-state index is -0.597. The van der Waals surface area contributed by atoms with Crippen LogP contribution in [-0.4, -0.2) is 85.0 Å². The van der Waals surface area contributed by atoms with Crippen LogP contribution in [0.1, 0.15) is 37.7 Å². The van der Waals surface area contributed by atoms with Crippen molar-refractivity contribution in [2.45, 2.75) is 46.7 Å². The van der Waals surface area contributed by atoms with E-state index in [0.29, 0.717) is 49.9 Å². The molecule has 1 aliphatic rings. The van der Waals surface area contributed by atoms with Gasteiger partial charge in [0.15, 0.2) is 0 Å². The summed E-state index contributed by atoms with van der Waals surface area (Å²) in [5.74, 6) is -0.441. The molecule has 3 rings (SSSR count). The third kappa shape index (κ3) is 5.94. The number of rotatable bonds is 8. The minimum Gasteiger partial charge on any atom is -0.450 e. The van der Waals surface area contributed by atoms with Crippen LogP contribution in [-0.2, 0) is 20.9 Å². The number of aryl methyl sites for hydroxylation is 2. The van der Waals surface area contributed by atoms with Gasteiger partial charge in [-0.05, 0) is 27.7 Å². The van der Waals surface area contributed by atoms with E-state index < -0.39 is 11.0 Å². The van der Waals surface area contributed by atoms with Crippen molar-refractivity contribution in [3.05, 3.63) is 33.9 Å². The van der Waals surface area contributed by atoms with E-state index in [4.69, 9.17) is 4.74 Å². The zero-order valence-electron chi connectivity index (χ0n) is 20.3. The smallest absolute Gasteiger partial charge is 0.409 e. The van der Waals surface area contributed by atoms with Crippen molar-refractivity contribution in [2.24, 2.45) is 0 Å². The first-order valence-corrected chi connectivity index (χ1v) is 11.3. The number of hydrogen-bond donors (Lipinski definition) is 1. The van der Waals surface area contributed by atoms with Crippen molar-refractivity contribution >= 4 is 29.3 Å². The Morgan fingerprint density at radius 2 is 1.86 bits per heavy atom. The van der Waals surface area contributed by atoms with Crippen molar-refractivity contribution in [3.8, 4) is 0 Å². The quantitative estimate of drug-likeness (QED) is 0.431. The summed E-state index contributed by atoms with van der Waals surface area (Å²) in [6.45, 7) is 8.86. The Hall–Kier alpha value is -3.97. The van der Waals surface area contributed by atoms with Gasteiger partial charge in [0, 0.05) is 38.8 Å². The van der Waals surface area contributed by atoms with E-state index >= 15 is 0 Å². The van der Waals surface area contributed by atoms with E-state index in [9.17, 15) is 24.5 Å². The molecule has 14 nitrogen and oxygen atoms in total. The van der Waals surface area contributed by atoms with Crippen molar-refractivity contribution in [2.75, 3.05) is 38.1 Å². The molecule has 2 aromatic rings. The largest absolute Gasteiger partial charge is 0.450 e. The molecule has 1 N–H and O–H groups in total. The Kier molecular flexibility index (Phi) is 8.04. The van der Waals surface area contributed by atoms with Crippen molar-refractivity contribution in [3.63, 3.8) is 0 Å². The van der Waals surface area contributed by atoms with Crippen LogP contribution in [0.3, 0.4) is 0 Å². The number of aromatic nitrogens is 4. The highest BCUT2D eigenvalue weighted by molar-refractivity contribution is 5.91. The van der Waals surface area contributed by atoms with E-state index in [2.05, 4.69) is 15.5 Å². The van der Waals surface area contributed by atoms with Gasteiger partial charge >= 0.3 is 11.8 Å². The predicted molar refractivity (Wildman–Crippen MR) is 124 cm³/mol. The van der Waals surface area contributed by atoms with E-state index in [1.165, 1.54) is 9.36 Å². The first kappa shape index (κ1) is 25.6. The maximum absolute atomic E-state index is 13.0. The molecule has 1 fully saturated rings. The Morgan fingerprint density at radius 3 is 2.46 bits per heavy atom. The van der Waals surface area contributed by atoms with Crippen LogP contribution < -0.4 is 5.32 Å². The molecule has 0 bridgehead atoms. The van der Waals surface area contributed by atoms with Gasteiger partial charge in [-0.25, -0.2) is 4.79 Å². The lowest BCUT2D eigenvalue weighted by molar-refractivity contribution is -0.385. The number of nitro groups is 1. The highest BCUT2D eigenvalue weighted by Gasteiger charge is 2.29. The Labute approximate surface area is 201 Å². The molecule has 0 aliphatic carbocycles. The number of ether oxygens (including phenoxy) is 1. The number of hydrogen-bond acceptors (Lipinski definition) is 8. The maximum atomic E-state index is 13.0. The molecular weight excluding hydrogens is 460 g/mol. The van der Waals surface area contributed by atoms with Crippen LogP contribution in [0.2, 0.25) is 0 Å². The molecule has 1 unspecified atom stereocenters. The predicted octanol–water partition coefficient (Wildman–Crippen LogP) is 1.50. The van der Waals surface area contributed by atoms with Gasteiger partial charge < -0.3 is 19.9 Å². The molecule has 3 amide bonds. The molecule has 0 spiro atoms. The zero-order valence-corrected chi connectivity index (χ0v) is 20.3. The molecule has 14 heteroatoms. The van der Waals surface area contributed by atoms with Crippen LogP contribution >= 0.6 is 0 Å². The molecule has 35 heavy (non-hydrogen) atoms. The average molecular weight is 491 g/mol.